The molecule has 1 aromatic heterocycles. The number of carbonyl (C=O) groups is 5. The van der Waals surface area contributed by atoms with Crippen molar-refractivity contribution >= 4 is 42.3 Å². The van der Waals surface area contributed by atoms with E-state index in [-0.39, 0.29) is 12.2 Å². The number of hydrogen-bond acceptors (Lipinski definition) is 8. The summed E-state index contributed by atoms with van der Waals surface area (Å²) in [6.45, 7) is 1.37. The van der Waals surface area contributed by atoms with Crippen LogP contribution in [0.2, 0.25) is 0 Å². The van der Waals surface area contributed by atoms with Crippen molar-refractivity contribution in [2.45, 2.75) is 43.9 Å². The van der Waals surface area contributed by atoms with Crippen LogP contribution in [-0.4, -0.2) is 79.8 Å². The summed E-state index contributed by atoms with van der Waals surface area (Å²) in [4.78, 5) is 65.0. The van der Waals surface area contributed by atoms with E-state index in [2.05, 4.69) is 33.2 Å². The molecule has 4 atom stereocenters. The quantitative estimate of drug-likeness (QED) is 0.156. The number of thiol groups is 1. The topological polar surface area (TPSA) is 217 Å². The van der Waals surface area contributed by atoms with E-state index >= 15 is 0 Å². The number of amides is 3. The van der Waals surface area contributed by atoms with Gasteiger partial charge in [-0.3, -0.25) is 19.2 Å². The Morgan fingerprint density at radius 3 is 2.23 bits per heavy atom. The van der Waals surface area contributed by atoms with Gasteiger partial charge in [0.1, 0.15) is 18.1 Å². The van der Waals surface area contributed by atoms with E-state index in [1.807, 2.05) is 5.32 Å². The first-order valence-corrected chi connectivity index (χ1v) is 9.37. The molecule has 0 aliphatic rings. The van der Waals surface area contributed by atoms with Crippen molar-refractivity contribution in [1.82, 2.24) is 25.9 Å². The van der Waals surface area contributed by atoms with Crippen molar-refractivity contribution < 1.29 is 34.2 Å². The Labute approximate surface area is 176 Å². The van der Waals surface area contributed by atoms with Crippen LogP contribution >= 0.6 is 12.6 Å². The Balaban J connectivity index is 2.61. The maximum absolute atomic E-state index is 12.3. The molecule has 0 saturated carbocycles. The van der Waals surface area contributed by atoms with E-state index < -0.39 is 60.2 Å². The summed E-state index contributed by atoms with van der Waals surface area (Å²) in [5, 5.41) is 24.5. The predicted octanol–water partition coefficient (Wildman–Crippen LogP) is -2.76. The summed E-state index contributed by atoms with van der Waals surface area (Å²) in [6.07, 6.45) is 2.27. The number of aromatic nitrogens is 2. The third-order valence-electron chi connectivity index (χ3n) is 3.89. The Hall–Kier alpha value is -3.13. The van der Waals surface area contributed by atoms with Gasteiger partial charge in [0.15, 0.2) is 0 Å². The Bertz CT molecular complexity index is 772. The molecule has 0 aliphatic heterocycles. The first kappa shape index (κ1) is 24.9. The minimum absolute atomic E-state index is 0.169. The minimum Gasteiger partial charge on any atom is -0.481 e. The van der Waals surface area contributed by atoms with Crippen LogP contribution in [0.4, 0.5) is 0 Å². The van der Waals surface area contributed by atoms with Gasteiger partial charge in [-0.25, -0.2) is 9.78 Å². The first-order chi connectivity index (χ1) is 14.0. The molecule has 0 bridgehead atoms. The number of imidazole rings is 1. The highest BCUT2D eigenvalue weighted by molar-refractivity contribution is 7.80. The summed E-state index contributed by atoms with van der Waals surface area (Å²) in [5.74, 6) is -5.43. The summed E-state index contributed by atoms with van der Waals surface area (Å²) in [5.41, 5.74) is 6.42. The van der Waals surface area contributed by atoms with E-state index in [0.29, 0.717) is 5.69 Å². The van der Waals surface area contributed by atoms with Gasteiger partial charge in [-0.2, -0.15) is 12.6 Å². The molecule has 0 aromatic carbocycles. The third kappa shape index (κ3) is 8.08. The number of aliphatic carboxylic acids is 2. The molecule has 0 aliphatic carbocycles. The number of H-pyrrole nitrogens is 1. The summed E-state index contributed by atoms with van der Waals surface area (Å²) >= 11 is 3.94. The number of nitrogens with one attached hydrogen (secondary N) is 4. The molecule has 0 fully saturated rings. The second kappa shape index (κ2) is 11.8. The average molecular weight is 444 g/mol. The average Bonchev–Trinajstić information content (AvgIpc) is 3.17. The Morgan fingerprint density at radius 2 is 1.73 bits per heavy atom. The van der Waals surface area contributed by atoms with Gasteiger partial charge in [-0.05, 0) is 6.92 Å². The SMILES string of the molecule is CC(NC(=O)C(N)Cc1cnc[nH]1)C(=O)NC(CS)C(=O)NC(CC(=O)O)C(=O)O. The number of hydrogen-bond donors (Lipinski definition) is 8. The van der Waals surface area contributed by atoms with Gasteiger partial charge < -0.3 is 36.9 Å². The molecule has 30 heavy (non-hydrogen) atoms. The molecule has 3 amide bonds. The minimum atomic E-state index is -1.67. The second-order valence-corrected chi connectivity index (χ2v) is 6.72. The van der Waals surface area contributed by atoms with Gasteiger partial charge in [-0.1, -0.05) is 0 Å². The third-order valence-corrected chi connectivity index (χ3v) is 4.26. The Kier molecular flexibility index (Phi) is 9.77. The molecule has 166 valence electrons. The molecule has 1 rings (SSSR count). The lowest BCUT2D eigenvalue weighted by Gasteiger charge is -2.22. The van der Waals surface area contributed by atoms with Crippen molar-refractivity contribution in [2.24, 2.45) is 5.73 Å². The van der Waals surface area contributed by atoms with Crippen molar-refractivity contribution in [3.05, 3.63) is 18.2 Å². The maximum atomic E-state index is 12.3. The summed E-state index contributed by atoms with van der Waals surface area (Å²) < 4.78 is 0. The second-order valence-electron chi connectivity index (χ2n) is 6.36. The summed E-state index contributed by atoms with van der Waals surface area (Å²) in [6, 6.07) is -4.94. The molecule has 1 heterocycles. The molecule has 1 aromatic rings. The van der Waals surface area contributed by atoms with Crippen LogP contribution in [0, 0.1) is 0 Å². The molecule has 4 unspecified atom stereocenters. The van der Waals surface area contributed by atoms with E-state index in [0.717, 1.165) is 0 Å². The lowest BCUT2D eigenvalue weighted by atomic mass is 10.1. The number of nitrogens with zero attached hydrogens (tertiary/aromatic N) is 1. The van der Waals surface area contributed by atoms with Gasteiger partial charge in [0, 0.05) is 24.1 Å². The van der Waals surface area contributed by atoms with E-state index in [9.17, 15) is 24.0 Å². The number of nitrogens with two attached hydrogens (primary N) is 1. The molecular formula is C16H24N6O7S. The molecule has 0 spiro atoms. The van der Waals surface area contributed by atoms with E-state index in [1.165, 1.54) is 19.4 Å². The number of carboxylic acids is 2. The van der Waals surface area contributed by atoms with Crippen LogP contribution in [0.25, 0.3) is 0 Å². The monoisotopic (exact) mass is 444 g/mol. The largest absolute Gasteiger partial charge is 0.481 e. The van der Waals surface area contributed by atoms with Crippen molar-refractivity contribution in [3.8, 4) is 0 Å². The maximum Gasteiger partial charge on any atom is 0.326 e. The zero-order valence-electron chi connectivity index (χ0n) is 16.0. The molecule has 0 saturated heterocycles. The zero-order valence-corrected chi connectivity index (χ0v) is 16.9. The van der Waals surface area contributed by atoms with Gasteiger partial charge in [0.25, 0.3) is 0 Å². The normalized spacial score (nSPS) is 14.6. The molecule has 13 nitrogen and oxygen atoms in total. The number of carbonyl (C=O) groups excluding carboxylic acids is 3. The van der Waals surface area contributed by atoms with E-state index in [1.54, 1.807) is 0 Å². The van der Waals surface area contributed by atoms with Crippen molar-refractivity contribution in [3.63, 3.8) is 0 Å². The van der Waals surface area contributed by atoms with Crippen LogP contribution in [-0.2, 0) is 30.4 Å². The highest BCUT2D eigenvalue weighted by atomic mass is 32.1. The zero-order chi connectivity index (χ0) is 22.8. The lowest BCUT2D eigenvalue weighted by molar-refractivity contribution is -0.147. The fourth-order valence-corrected chi connectivity index (χ4v) is 2.51. The van der Waals surface area contributed by atoms with Gasteiger partial charge in [0.2, 0.25) is 17.7 Å². The van der Waals surface area contributed by atoms with Gasteiger partial charge in [0.05, 0.1) is 18.8 Å². The standard InChI is InChI=1S/C16H24N6O7S/c1-7(20-14(26)9(17)2-8-4-18-6-19-8)13(25)22-11(5-30)15(27)21-10(16(28)29)3-12(23)24/h4,6-7,9-11,30H,2-3,5,17H2,1H3,(H,18,19)(H,20,26)(H,21,27)(H,22,25)(H,23,24)(H,28,29). The summed E-state index contributed by atoms with van der Waals surface area (Å²) in [7, 11) is 0. The van der Waals surface area contributed by atoms with Crippen LogP contribution in [0.15, 0.2) is 12.5 Å². The smallest absolute Gasteiger partial charge is 0.326 e. The molecular weight excluding hydrogens is 420 g/mol. The molecule has 0 radical (unpaired) electrons. The number of carboxylic acid groups (broad SMARTS) is 2. The highest BCUT2D eigenvalue weighted by Gasteiger charge is 2.29. The van der Waals surface area contributed by atoms with Crippen LogP contribution in [0.3, 0.4) is 0 Å². The fraction of sp³-hybridized carbons (Fsp3) is 0.500. The Morgan fingerprint density at radius 1 is 1.10 bits per heavy atom. The lowest BCUT2D eigenvalue weighted by Crippen LogP contribution is -2.57. The molecule has 14 heteroatoms. The van der Waals surface area contributed by atoms with Crippen LogP contribution in [0.5, 0.6) is 0 Å². The van der Waals surface area contributed by atoms with E-state index in [4.69, 9.17) is 15.9 Å². The number of rotatable bonds is 12. The highest BCUT2D eigenvalue weighted by Crippen LogP contribution is 1.99. The van der Waals surface area contributed by atoms with Gasteiger partial charge >= 0.3 is 11.9 Å². The van der Waals surface area contributed by atoms with Crippen molar-refractivity contribution in [2.75, 3.05) is 5.75 Å². The molecule has 8 N–H and O–H groups in total. The van der Waals surface area contributed by atoms with Crippen molar-refractivity contribution in [1.29, 1.82) is 0 Å². The predicted molar refractivity (Wildman–Crippen MR) is 105 cm³/mol. The first-order valence-electron chi connectivity index (χ1n) is 8.74. The van der Waals surface area contributed by atoms with Crippen LogP contribution < -0.4 is 21.7 Å². The fourth-order valence-electron chi connectivity index (χ4n) is 2.25. The van der Waals surface area contributed by atoms with Crippen LogP contribution in [0.1, 0.15) is 19.0 Å². The number of aromatic amines is 1. The van der Waals surface area contributed by atoms with Gasteiger partial charge in [-0.15, -0.1) is 0 Å².